The molecule has 1 heteroatoms. The first-order chi connectivity index (χ1) is 7.36. The van der Waals surface area contributed by atoms with Gasteiger partial charge in [0.25, 0.3) is 0 Å². The van der Waals surface area contributed by atoms with Gasteiger partial charge in [-0.3, -0.25) is 4.90 Å². The summed E-state index contributed by atoms with van der Waals surface area (Å²) in [5.74, 6) is 0. The van der Waals surface area contributed by atoms with E-state index in [1.165, 1.54) is 11.1 Å². The number of likely N-dealkylation sites (N-methyl/N-ethyl adjacent to an activating group) is 1. The molecule has 92 valence electrons. The molecule has 0 radical (unpaired) electrons. The maximum atomic E-state index is 3.92. The van der Waals surface area contributed by atoms with Crippen LogP contribution in [0.25, 0.3) is 0 Å². The van der Waals surface area contributed by atoms with Crippen LogP contribution in [0.2, 0.25) is 0 Å². The van der Waals surface area contributed by atoms with Crippen LogP contribution in [-0.4, -0.2) is 23.5 Å². The molecule has 0 saturated heterocycles. The Morgan fingerprint density at radius 3 is 2.19 bits per heavy atom. The zero-order valence-electron chi connectivity index (χ0n) is 11.8. The lowest BCUT2D eigenvalue weighted by atomic mass is 10.0. The van der Waals surface area contributed by atoms with E-state index in [1.54, 1.807) is 0 Å². The number of hydrogen-bond donors (Lipinski definition) is 0. The van der Waals surface area contributed by atoms with Gasteiger partial charge in [0.05, 0.1) is 0 Å². The number of rotatable bonds is 5. The van der Waals surface area contributed by atoms with E-state index in [-0.39, 0.29) is 5.54 Å². The van der Waals surface area contributed by atoms with Crippen LogP contribution in [0.1, 0.15) is 41.5 Å². The summed E-state index contributed by atoms with van der Waals surface area (Å²) in [5.41, 5.74) is 2.83. The molecule has 0 aliphatic heterocycles. The monoisotopic (exact) mass is 221 g/mol. The molecule has 1 nitrogen and oxygen atoms in total. The Bertz CT molecular complexity index is 276. The van der Waals surface area contributed by atoms with Crippen LogP contribution < -0.4 is 0 Å². The quantitative estimate of drug-likeness (QED) is 0.629. The Morgan fingerprint density at radius 1 is 1.31 bits per heavy atom. The van der Waals surface area contributed by atoms with Crippen molar-refractivity contribution in [1.29, 1.82) is 0 Å². The molecule has 0 rings (SSSR count). The lowest BCUT2D eigenvalue weighted by Gasteiger charge is -2.35. The maximum absolute atomic E-state index is 3.92. The Labute approximate surface area is 102 Å². The molecule has 0 N–H and O–H groups in total. The molecule has 0 amide bonds. The second kappa shape index (κ2) is 6.70. The molecule has 0 aromatic heterocycles. The van der Waals surface area contributed by atoms with E-state index >= 15 is 0 Å². The van der Waals surface area contributed by atoms with Gasteiger partial charge in [0, 0.05) is 12.1 Å². The topological polar surface area (TPSA) is 3.24 Å². The smallest absolute Gasteiger partial charge is 0.0241 e. The molecule has 0 heterocycles. The zero-order valence-corrected chi connectivity index (χ0v) is 11.8. The summed E-state index contributed by atoms with van der Waals surface area (Å²) in [6.45, 7) is 19.1. The number of allylic oxidation sites excluding steroid dienone is 3. The Kier molecular flexibility index (Phi) is 6.35. The second-order valence-corrected chi connectivity index (χ2v) is 5.10. The van der Waals surface area contributed by atoms with Crippen LogP contribution in [-0.2, 0) is 0 Å². The van der Waals surface area contributed by atoms with Crippen LogP contribution >= 0.6 is 0 Å². The standard InChI is InChI=1S/C15H27N/c1-8-11-13(4)14(9-2)12-16(10-3)15(5,6)7/h8-9,11H,2,10,12H2,1,3-7H3/b11-8-,14-13+. The van der Waals surface area contributed by atoms with E-state index in [4.69, 9.17) is 0 Å². The summed E-state index contributed by atoms with van der Waals surface area (Å²) in [5, 5.41) is 0. The van der Waals surface area contributed by atoms with E-state index in [9.17, 15) is 0 Å². The van der Waals surface area contributed by atoms with Crippen molar-refractivity contribution in [1.82, 2.24) is 4.90 Å². The van der Waals surface area contributed by atoms with Gasteiger partial charge in [-0.2, -0.15) is 0 Å². The summed E-state index contributed by atoms with van der Waals surface area (Å²) in [4.78, 5) is 2.46. The Balaban J connectivity index is 4.91. The minimum absolute atomic E-state index is 0.208. The van der Waals surface area contributed by atoms with Crippen molar-refractivity contribution < 1.29 is 0 Å². The molecular formula is C15H27N. The fourth-order valence-corrected chi connectivity index (χ4v) is 1.74. The molecule has 0 atom stereocenters. The molecule has 0 aliphatic rings. The lowest BCUT2D eigenvalue weighted by Crippen LogP contribution is -2.42. The van der Waals surface area contributed by atoms with Crippen LogP contribution in [0.15, 0.2) is 36.0 Å². The van der Waals surface area contributed by atoms with Crippen LogP contribution in [0.3, 0.4) is 0 Å². The van der Waals surface area contributed by atoms with E-state index in [0.717, 1.165) is 13.1 Å². The largest absolute Gasteiger partial charge is 0.295 e. The summed E-state index contributed by atoms with van der Waals surface area (Å²) in [6.07, 6.45) is 6.20. The summed E-state index contributed by atoms with van der Waals surface area (Å²) in [6, 6.07) is 0. The molecule has 0 aromatic carbocycles. The van der Waals surface area contributed by atoms with Crippen LogP contribution in [0.5, 0.6) is 0 Å². The van der Waals surface area contributed by atoms with E-state index in [1.807, 2.05) is 13.0 Å². The SMILES string of the molecule is C=C/C(CN(CC)C(C)(C)C)=C(C)\C=C/C. The van der Waals surface area contributed by atoms with E-state index in [0.29, 0.717) is 0 Å². The number of hydrogen-bond acceptors (Lipinski definition) is 1. The molecule has 16 heavy (non-hydrogen) atoms. The van der Waals surface area contributed by atoms with Gasteiger partial charge in [-0.15, -0.1) is 0 Å². The van der Waals surface area contributed by atoms with Gasteiger partial charge in [-0.25, -0.2) is 0 Å². The summed E-state index contributed by atoms with van der Waals surface area (Å²) in [7, 11) is 0. The molecule has 0 fully saturated rings. The van der Waals surface area contributed by atoms with Crippen LogP contribution in [0, 0.1) is 0 Å². The molecular weight excluding hydrogens is 194 g/mol. The minimum atomic E-state index is 0.208. The summed E-state index contributed by atoms with van der Waals surface area (Å²) >= 11 is 0. The Hall–Kier alpha value is -0.820. The average Bonchev–Trinajstić information content (AvgIpc) is 2.17. The third kappa shape index (κ3) is 4.80. The number of nitrogens with zero attached hydrogens (tertiary/aromatic N) is 1. The molecule has 0 aliphatic carbocycles. The van der Waals surface area contributed by atoms with Gasteiger partial charge in [0.1, 0.15) is 0 Å². The molecule has 0 saturated carbocycles. The van der Waals surface area contributed by atoms with E-state index in [2.05, 4.69) is 58.2 Å². The molecule has 0 spiro atoms. The van der Waals surface area contributed by atoms with Gasteiger partial charge < -0.3 is 0 Å². The van der Waals surface area contributed by atoms with Crippen molar-refractivity contribution in [3.8, 4) is 0 Å². The third-order valence-electron chi connectivity index (χ3n) is 2.86. The van der Waals surface area contributed by atoms with Crippen molar-refractivity contribution in [3.63, 3.8) is 0 Å². The highest BCUT2D eigenvalue weighted by atomic mass is 15.2. The first kappa shape index (κ1) is 15.2. The van der Waals surface area contributed by atoms with Gasteiger partial charge in [0.15, 0.2) is 0 Å². The zero-order chi connectivity index (χ0) is 12.8. The lowest BCUT2D eigenvalue weighted by molar-refractivity contribution is 0.160. The van der Waals surface area contributed by atoms with Crippen molar-refractivity contribution in [2.75, 3.05) is 13.1 Å². The van der Waals surface area contributed by atoms with Crippen molar-refractivity contribution in [2.24, 2.45) is 0 Å². The highest BCUT2D eigenvalue weighted by Gasteiger charge is 2.19. The average molecular weight is 221 g/mol. The predicted molar refractivity (Wildman–Crippen MR) is 74.7 cm³/mol. The molecule has 0 aromatic rings. The first-order valence-corrected chi connectivity index (χ1v) is 6.06. The Morgan fingerprint density at radius 2 is 1.88 bits per heavy atom. The predicted octanol–water partition coefficient (Wildman–Crippen LogP) is 4.19. The second-order valence-electron chi connectivity index (χ2n) is 5.10. The van der Waals surface area contributed by atoms with Crippen LogP contribution in [0.4, 0.5) is 0 Å². The van der Waals surface area contributed by atoms with Gasteiger partial charge in [-0.05, 0) is 52.3 Å². The van der Waals surface area contributed by atoms with Gasteiger partial charge in [0.2, 0.25) is 0 Å². The minimum Gasteiger partial charge on any atom is -0.295 e. The summed E-state index contributed by atoms with van der Waals surface area (Å²) < 4.78 is 0. The highest BCUT2D eigenvalue weighted by Crippen LogP contribution is 2.17. The normalized spacial score (nSPS) is 14.4. The van der Waals surface area contributed by atoms with Gasteiger partial charge >= 0.3 is 0 Å². The first-order valence-electron chi connectivity index (χ1n) is 6.06. The van der Waals surface area contributed by atoms with Crippen molar-refractivity contribution in [2.45, 2.75) is 47.1 Å². The molecule has 0 unspecified atom stereocenters. The highest BCUT2D eigenvalue weighted by molar-refractivity contribution is 5.31. The van der Waals surface area contributed by atoms with E-state index < -0.39 is 0 Å². The third-order valence-corrected chi connectivity index (χ3v) is 2.86. The fraction of sp³-hybridized carbons (Fsp3) is 0.600. The maximum Gasteiger partial charge on any atom is 0.0241 e. The van der Waals surface area contributed by atoms with Crippen molar-refractivity contribution in [3.05, 3.63) is 36.0 Å². The molecule has 0 bridgehead atoms. The van der Waals surface area contributed by atoms with Crippen molar-refractivity contribution >= 4 is 0 Å². The fourth-order valence-electron chi connectivity index (χ4n) is 1.74. The van der Waals surface area contributed by atoms with Gasteiger partial charge in [-0.1, -0.05) is 31.7 Å².